The number of rotatable bonds is 4. The Balaban J connectivity index is 1.27. The number of fused-ring (bicyclic) bond motifs is 2. The third-order valence-corrected chi connectivity index (χ3v) is 5.62. The van der Waals surface area contributed by atoms with E-state index in [2.05, 4.69) is 27.1 Å². The third kappa shape index (κ3) is 3.22. The van der Waals surface area contributed by atoms with E-state index >= 15 is 0 Å². The molecule has 1 N–H and O–H groups in total. The first-order valence-electron chi connectivity index (χ1n) is 10.1. The lowest BCUT2D eigenvalue weighted by Crippen LogP contribution is -2.38. The second kappa shape index (κ2) is 7.24. The Kier molecular flexibility index (Phi) is 4.42. The average molecular weight is 389 g/mol. The molecule has 1 aliphatic heterocycles. The molecule has 0 atom stereocenters. The van der Waals surface area contributed by atoms with Crippen molar-refractivity contribution in [2.75, 3.05) is 23.3 Å². The molecule has 0 spiro atoms. The Morgan fingerprint density at radius 2 is 1.79 bits per heavy atom. The number of carbonyl (C=O) groups is 1. The number of benzene rings is 2. The molecular formula is C22H23N5O2. The summed E-state index contributed by atoms with van der Waals surface area (Å²) in [6.07, 6.45) is 1.52. The number of piperidine rings is 1. The number of anilines is 2. The van der Waals surface area contributed by atoms with Crippen LogP contribution in [0, 0.1) is 5.92 Å². The Morgan fingerprint density at radius 1 is 1.07 bits per heavy atom. The van der Waals surface area contributed by atoms with Gasteiger partial charge in [-0.25, -0.2) is 4.98 Å². The van der Waals surface area contributed by atoms with E-state index in [4.69, 9.17) is 4.42 Å². The van der Waals surface area contributed by atoms with E-state index < -0.39 is 0 Å². The van der Waals surface area contributed by atoms with Crippen molar-refractivity contribution < 1.29 is 9.21 Å². The van der Waals surface area contributed by atoms with E-state index in [-0.39, 0.29) is 11.8 Å². The zero-order valence-corrected chi connectivity index (χ0v) is 16.3. The summed E-state index contributed by atoms with van der Waals surface area (Å²) in [5.41, 5.74) is 3.59. The summed E-state index contributed by atoms with van der Waals surface area (Å²) < 4.78 is 7.91. The molecule has 5 rings (SSSR count). The fourth-order valence-electron chi connectivity index (χ4n) is 4.03. The van der Waals surface area contributed by atoms with E-state index in [1.54, 1.807) is 0 Å². The first-order chi connectivity index (χ1) is 14.2. The monoisotopic (exact) mass is 389 g/mol. The van der Waals surface area contributed by atoms with Crippen molar-refractivity contribution in [1.29, 1.82) is 0 Å². The standard InChI is InChI=1S/C22H23N5O2/c1-2-27-18-9-5-3-7-16(18)23-21(27)25-20(28)15-11-13-26(14-12-15)22-24-17-8-4-6-10-19(17)29-22/h3-10,15H,2,11-14H2,1H3,(H,23,25,28). The second-order valence-electron chi connectivity index (χ2n) is 7.38. The van der Waals surface area contributed by atoms with Gasteiger partial charge in [0.25, 0.3) is 6.01 Å². The van der Waals surface area contributed by atoms with Gasteiger partial charge in [0.1, 0.15) is 5.52 Å². The lowest BCUT2D eigenvalue weighted by molar-refractivity contribution is -0.120. The SMILES string of the molecule is CCn1c(NC(=O)C2CCN(c3nc4ccccc4o3)CC2)nc2ccccc21. The predicted octanol–water partition coefficient (Wildman–Crippen LogP) is 4.05. The predicted molar refractivity (Wildman–Crippen MR) is 113 cm³/mol. The molecule has 0 bridgehead atoms. The Bertz CT molecular complexity index is 1140. The summed E-state index contributed by atoms with van der Waals surface area (Å²) in [6.45, 7) is 4.30. The molecule has 0 unspecified atom stereocenters. The number of para-hydroxylation sites is 4. The van der Waals surface area contributed by atoms with Gasteiger partial charge < -0.3 is 13.9 Å². The Hall–Kier alpha value is -3.35. The van der Waals surface area contributed by atoms with Crippen molar-refractivity contribution in [2.24, 2.45) is 5.92 Å². The molecule has 1 saturated heterocycles. The first kappa shape index (κ1) is 17.7. The lowest BCUT2D eigenvalue weighted by atomic mass is 9.96. The van der Waals surface area contributed by atoms with Crippen molar-refractivity contribution >= 4 is 40.0 Å². The minimum atomic E-state index is -0.0410. The zero-order valence-electron chi connectivity index (χ0n) is 16.3. The molecule has 29 heavy (non-hydrogen) atoms. The molecular weight excluding hydrogens is 366 g/mol. The number of nitrogens with zero attached hydrogens (tertiary/aromatic N) is 4. The topological polar surface area (TPSA) is 76.2 Å². The molecule has 0 radical (unpaired) electrons. The quantitative estimate of drug-likeness (QED) is 0.570. The Labute approximate surface area is 168 Å². The van der Waals surface area contributed by atoms with Crippen LogP contribution < -0.4 is 10.2 Å². The van der Waals surface area contributed by atoms with Crippen LogP contribution in [0.3, 0.4) is 0 Å². The third-order valence-electron chi connectivity index (χ3n) is 5.62. The van der Waals surface area contributed by atoms with Gasteiger partial charge >= 0.3 is 0 Å². The number of oxazole rings is 1. The molecule has 0 saturated carbocycles. The van der Waals surface area contributed by atoms with E-state index in [1.165, 1.54) is 0 Å². The van der Waals surface area contributed by atoms with Crippen LogP contribution in [0.25, 0.3) is 22.1 Å². The number of hydrogen-bond donors (Lipinski definition) is 1. The number of aromatic nitrogens is 3. The van der Waals surface area contributed by atoms with Crippen molar-refractivity contribution in [1.82, 2.24) is 14.5 Å². The maximum atomic E-state index is 12.9. The largest absolute Gasteiger partial charge is 0.423 e. The minimum absolute atomic E-state index is 0.0345. The van der Waals surface area contributed by atoms with Crippen LogP contribution in [-0.2, 0) is 11.3 Å². The summed E-state index contributed by atoms with van der Waals surface area (Å²) in [5, 5.41) is 3.05. The molecule has 7 nitrogen and oxygen atoms in total. The molecule has 148 valence electrons. The molecule has 1 fully saturated rings. The van der Waals surface area contributed by atoms with Crippen molar-refractivity contribution in [3.8, 4) is 0 Å². The lowest BCUT2D eigenvalue weighted by Gasteiger charge is -2.30. The maximum absolute atomic E-state index is 12.9. The highest BCUT2D eigenvalue weighted by molar-refractivity contribution is 5.93. The van der Waals surface area contributed by atoms with Gasteiger partial charge in [0.05, 0.1) is 11.0 Å². The van der Waals surface area contributed by atoms with Crippen LogP contribution in [0.5, 0.6) is 0 Å². The number of carbonyl (C=O) groups excluding carboxylic acids is 1. The molecule has 2 aromatic heterocycles. The summed E-state index contributed by atoms with van der Waals surface area (Å²) in [6, 6.07) is 16.3. The molecule has 2 aromatic carbocycles. The van der Waals surface area contributed by atoms with Gasteiger partial charge in [-0.05, 0) is 44.0 Å². The van der Waals surface area contributed by atoms with Crippen molar-refractivity contribution in [3.05, 3.63) is 48.5 Å². The summed E-state index contributed by atoms with van der Waals surface area (Å²) in [4.78, 5) is 24.2. The van der Waals surface area contributed by atoms with Gasteiger partial charge in [-0.3, -0.25) is 10.1 Å². The molecule has 3 heterocycles. The second-order valence-corrected chi connectivity index (χ2v) is 7.38. The summed E-state index contributed by atoms with van der Waals surface area (Å²) in [7, 11) is 0. The smallest absolute Gasteiger partial charge is 0.298 e. The van der Waals surface area contributed by atoms with E-state index in [1.807, 2.05) is 53.1 Å². The van der Waals surface area contributed by atoms with Crippen LogP contribution in [0.4, 0.5) is 12.0 Å². The van der Waals surface area contributed by atoms with Crippen LogP contribution in [0.15, 0.2) is 52.9 Å². The van der Waals surface area contributed by atoms with Gasteiger partial charge in [0.15, 0.2) is 5.58 Å². The van der Waals surface area contributed by atoms with Gasteiger partial charge in [-0.1, -0.05) is 24.3 Å². The number of nitrogens with one attached hydrogen (secondary N) is 1. The molecule has 1 aliphatic rings. The van der Waals surface area contributed by atoms with Gasteiger partial charge in [-0.2, -0.15) is 4.98 Å². The van der Waals surface area contributed by atoms with Gasteiger partial charge in [0, 0.05) is 25.6 Å². The maximum Gasteiger partial charge on any atom is 0.298 e. The number of amides is 1. The fraction of sp³-hybridized carbons (Fsp3) is 0.318. The summed E-state index contributed by atoms with van der Waals surface area (Å²) in [5.74, 6) is 0.619. The highest BCUT2D eigenvalue weighted by atomic mass is 16.4. The van der Waals surface area contributed by atoms with E-state index in [0.717, 1.165) is 54.6 Å². The minimum Gasteiger partial charge on any atom is -0.423 e. The number of hydrogen-bond acceptors (Lipinski definition) is 5. The van der Waals surface area contributed by atoms with Crippen LogP contribution in [-0.4, -0.2) is 33.5 Å². The molecule has 1 amide bonds. The number of imidazole rings is 1. The molecule has 0 aliphatic carbocycles. The average Bonchev–Trinajstić information content (AvgIpc) is 3.34. The van der Waals surface area contributed by atoms with Crippen molar-refractivity contribution in [3.63, 3.8) is 0 Å². The first-order valence-corrected chi connectivity index (χ1v) is 10.1. The Morgan fingerprint density at radius 3 is 2.55 bits per heavy atom. The molecule has 4 aromatic rings. The van der Waals surface area contributed by atoms with E-state index in [0.29, 0.717) is 12.0 Å². The zero-order chi connectivity index (χ0) is 19.8. The highest BCUT2D eigenvalue weighted by Crippen LogP contribution is 2.27. The van der Waals surface area contributed by atoms with Gasteiger partial charge in [-0.15, -0.1) is 0 Å². The van der Waals surface area contributed by atoms with Crippen LogP contribution in [0.2, 0.25) is 0 Å². The fourth-order valence-corrected chi connectivity index (χ4v) is 4.03. The van der Waals surface area contributed by atoms with E-state index in [9.17, 15) is 4.79 Å². The van der Waals surface area contributed by atoms with Crippen LogP contribution >= 0.6 is 0 Å². The van der Waals surface area contributed by atoms with Crippen molar-refractivity contribution in [2.45, 2.75) is 26.3 Å². The molecule has 7 heteroatoms. The number of aryl methyl sites for hydroxylation is 1. The highest BCUT2D eigenvalue weighted by Gasteiger charge is 2.28. The van der Waals surface area contributed by atoms with Crippen LogP contribution in [0.1, 0.15) is 19.8 Å². The normalized spacial score (nSPS) is 15.3. The van der Waals surface area contributed by atoms with Gasteiger partial charge in [0.2, 0.25) is 11.9 Å². The summed E-state index contributed by atoms with van der Waals surface area (Å²) >= 11 is 0.